The maximum atomic E-state index is 12.7. The number of aromatic hydroxyl groups is 1. The van der Waals surface area contributed by atoms with Gasteiger partial charge >= 0.3 is 0 Å². The number of phenolic OH excluding ortho intramolecular Hbond substituents is 1. The molecule has 4 N–H and O–H groups in total. The molecule has 11 nitrogen and oxygen atoms in total. The monoisotopic (exact) mass is 673 g/mol. The number of carbonyl (C=O) groups is 2. The predicted octanol–water partition coefficient (Wildman–Crippen LogP) is 5.40. The number of phenols is 1. The number of nitrogens with one attached hydrogen (secondary N) is 1. The van der Waals surface area contributed by atoms with Gasteiger partial charge < -0.3 is 25.4 Å². The number of hydrogen-bond acceptors (Lipinski definition) is 10. The Hall–Kier alpha value is -5.03. The van der Waals surface area contributed by atoms with E-state index < -0.39 is 0 Å². The van der Waals surface area contributed by atoms with Crippen LogP contribution < -0.4 is 20.7 Å². The fourth-order valence-electron chi connectivity index (χ4n) is 8.49. The second-order valence-electron chi connectivity index (χ2n) is 14.0. The minimum Gasteiger partial charge on any atom is -0.507 e. The summed E-state index contributed by atoms with van der Waals surface area (Å²) in [5.41, 5.74) is 12.2. The summed E-state index contributed by atoms with van der Waals surface area (Å²) in [5, 5.41) is 21.3. The highest BCUT2D eigenvalue weighted by atomic mass is 16.5. The highest BCUT2D eigenvalue weighted by Crippen LogP contribution is 2.45. The van der Waals surface area contributed by atoms with E-state index in [1.54, 1.807) is 12.1 Å². The summed E-state index contributed by atoms with van der Waals surface area (Å²) in [7, 11) is 0. The Bertz CT molecular complexity index is 1900. The number of rotatable bonds is 6. The van der Waals surface area contributed by atoms with Gasteiger partial charge in [-0.15, -0.1) is 10.2 Å². The minimum atomic E-state index is -0.337. The van der Waals surface area contributed by atoms with Crippen LogP contribution in [0.3, 0.4) is 0 Å². The Kier molecular flexibility index (Phi) is 8.82. The molecule has 11 heteroatoms. The number of likely N-dealkylation sites (tertiary alicyclic amines) is 1. The first-order chi connectivity index (χ1) is 24.4. The van der Waals surface area contributed by atoms with Gasteiger partial charge in [0.2, 0.25) is 11.8 Å². The Labute approximate surface area is 291 Å². The zero-order valence-corrected chi connectivity index (χ0v) is 28.1. The summed E-state index contributed by atoms with van der Waals surface area (Å²) in [6.45, 7) is 3.27. The van der Waals surface area contributed by atoms with E-state index in [0.717, 1.165) is 74.4 Å². The fourth-order valence-corrected chi connectivity index (χ4v) is 8.49. The Balaban J connectivity index is 0.897. The second kappa shape index (κ2) is 13.7. The lowest BCUT2D eigenvalue weighted by Gasteiger charge is -2.42. The van der Waals surface area contributed by atoms with Crippen molar-refractivity contribution in [1.82, 2.24) is 25.4 Å². The number of pyridine rings is 1. The van der Waals surface area contributed by atoms with Gasteiger partial charge in [-0.2, -0.15) is 0 Å². The van der Waals surface area contributed by atoms with E-state index in [4.69, 9.17) is 15.5 Å². The van der Waals surface area contributed by atoms with Crippen molar-refractivity contribution in [2.75, 3.05) is 36.9 Å². The quantitative estimate of drug-likeness (QED) is 0.227. The molecule has 4 aliphatic rings. The topological polar surface area (TPSA) is 147 Å². The summed E-state index contributed by atoms with van der Waals surface area (Å²) in [6.07, 6.45) is 7.53. The normalized spacial score (nSPS) is 23.2. The molecule has 5 heterocycles. The third-order valence-corrected chi connectivity index (χ3v) is 11.1. The molecule has 3 aliphatic heterocycles. The number of para-hydroxylation sites is 2. The molecule has 1 atom stereocenters. The van der Waals surface area contributed by atoms with Crippen LogP contribution in [0.1, 0.15) is 74.5 Å². The van der Waals surface area contributed by atoms with Gasteiger partial charge in [-0.3, -0.25) is 19.9 Å². The van der Waals surface area contributed by atoms with Crippen LogP contribution in [0.25, 0.3) is 22.5 Å². The summed E-state index contributed by atoms with van der Waals surface area (Å²) in [4.78, 5) is 34.3. The van der Waals surface area contributed by atoms with Crippen LogP contribution in [-0.2, 0) is 9.59 Å². The molecule has 0 radical (unpaired) electrons. The van der Waals surface area contributed by atoms with Gasteiger partial charge in [-0.05, 0) is 106 Å². The molecule has 4 aromatic rings. The van der Waals surface area contributed by atoms with Crippen molar-refractivity contribution in [3.05, 3.63) is 78.0 Å². The molecule has 2 aromatic heterocycles. The Morgan fingerprint density at radius 3 is 2.40 bits per heavy atom. The van der Waals surface area contributed by atoms with E-state index in [1.807, 2.05) is 30.3 Å². The largest absolute Gasteiger partial charge is 0.507 e. The smallest absolute Gasteiger partial charge is 0.249 e. The van der Waals surface area contributed by atoms with Crippen molar-refractivity contribution >= 4 is 23.3 Å². The van der Waals surface area contributed by atoms with E-state index in [-0.39, 0.29) is 23.6 Å². The zero-order chi connectivity index (χ0) is 34.2. The molecule has 258 valence electrons. The van der Waals surface area contributed by atoms with Crippen LogP contribution in [0.4, 0.5) is 11.5 Å². The SMILES string of the molecule is Nc1nnc(-c2ccccc2O)cc1-c1cccc(C2CCN(C3CCC(c4cccc5c4OCCN5C4CCC(=O)NC4=O)CC3)CC2)n1. The number of nitrogens with zero attached hydrogens (tertiary/aromatic N) is 5. The summed E-state index contributed by atoms with van der Waals surface area (Å²) in [6, 6.07) is 21.6. The molecular formula is C39H43N7O4. The number of amides is 2. The number of nitrogens with two attached hydrogens (primary N) is 1. The standard InChI is InChI=1S/C39H43N7O4/c40-38-29(23-32(43-44-38)28-5-1-2-10-35(28)47)31-8-4-7-30(41-31)25-17-19-45(20-18-25)26-13-11-24(12-14-26)27-6-3-9-33-37(27)50-22-21-46(33)34-15-16-36(48)42-39(34)49/h1-10,23-26,34,47H,11-22H2,(H2,40,44)(H,42,48,49). The predicted molar refractivity (Wildman–Crippen MR) is 191 cm³/mol. The number of anilines is 2. The van der Waals surface area contributed by atoms with Crippen molar-refractivity contribution in [3.63, 3.8) is 0 Å². The molecule has 2 saturated heterocycles. The van der Waals surface area contributed by atoms with Crippen molar-refractivity contribution in [1.29, 1.82) is 0 Å². The first kappa shape index (κ1) is 32.2. The fraction of sp³-hybridized carbons (Fsp3) is 0.410. The number of carbonyl (C=O) groups excluding carboxylic acids is 2. The van der Waals surface area contributed by atoms with E-state index in [2.05, 4.69) is 49.6 Å². The molecule has 2 amide bonds. The number of ether oxygens (including phenoxy) is 1. The average molecular weight is 674 g/mol. The number of nitrogen functional groups attached to an aromatic ring is 1. The van der Waals surface area contributed by atoms with Gasteiger partial charge in [-0.25, -0.2) is 0 Å². The van der Waals surface area contributed by atoms with Crippen molar-refractivity contribution in [2.45, 2.75) is 75.3 Å². The van der Waals surface area contributed by atoms with Crippen LogP contribution in [0, 0.1) is 0 Å². The molecular weight excluding hydrogens is 630 g/mol. The average Bonchev–Trinajstić information content (AvgIpc) is 3.15. The lowest BCUT2D eigenvalue weighted by atomic mass is 9.79. The number of fused-ring (bicyclic) bond motifs is 1. The molecule has 8 rings (SSSR count). The number of imide groups is 1. The number of aromatic nitrogens is 3. The van der Waals surface area contributed by atoms with Crippen LogP contribution in [0.5, 0.6) is 11.5 Å². The second-order valence-corrected chi connectivity index (χ2v) is 14.0. The van der Waals surface area contributed by atoms with E-state index >= 15 is 0 Å². The van der Waals surface area contributed by atoms with Crippen LogP contribution in [0.15, 0.2) is 66.7 Å². The van der Waals surface area contributed by atoms with E-state index in [9.17, 15) is 14.7 Å². The van der Waals surface area contributed by atoms with Gasteiger partial charge in [0.05, 0.1) is 23.6 Å². The van der Waals surface area contributed by atoms with Crippen LogP contribution in [0.2, 0.25) is 0 Å². The molecule has 50 heavy (non-hydrogen) atoms. The van der Waals surface area contributed by atoms with Gasteiger partial charge in [-0.1, -0.05) is 30.3 Å². The molecule has 1 unspecified atom stereocenters. The first-order valence-electron chi connectivity index (χ1n) is 17.9. The van der Waals surface area contributed by atoms with Crippen molar-refractivity contribution < 1.29 is 19.4 Å². The molecule has 0 spiro atoms. The maximum Gasteiger partial charge on any atom is 0.249 e. The van der Waals surface area contributed by atoms with Gasteiger partial charge in [0.15, 0.2) is 5.82 Å². The Morgan fingerprint density at radius 1 is 0.800 bits per heavy atom. The third kappa shape index (κ3) is 6.26. The molecule has 0 bridgehead atoms. The van der Waals surface area contributed by atoms with E-state index in [0.29, 0.717) is 66.5 Å². The van der Waals surface area contributed by atoms with Crippen LogP contribution in [-0.4, -0.2) is 75.3 Å². The molecule has 1 saturated carbocycles. The minimum absolute atomic E-state index is 0.144. The summed E-state index contributed by atoms with van der Waals surface area (Å²) >= 11 is 0. The van der Waals surface area contributed by atoms with Gasteiger partial charge in [0.1, 0.15) is 24.1 Å². The highest BCUT2D eigenvalue weighted by Gasteiger charge is 2.37. The number of hydrogen-bond donors (Lipinski definition) is 3. The zero-order valence-electron chi connectivity index (χ0n) is 28.1. The van der Waals surface area contributed by atoms with Crippen molar-refractivity contribution in [2.24, 2.45) is 0 Å². The molecule has 3 fully saturated rings. The van der Waals surface area contributed by atoms with E-state index in [1.165, 1.54) is 5.56 Å². The van der Waals surface area contributed by atoms with Gasteiger partial charge in [0.25, 0.3) is 0 Å². The third-order valence-electron chi connectivity index (χ3n) is 11.1. The summed E-state index contributed by atoms with van der Waals surface area (Å²) < 4.78 is 6.28. The highest BCUT2D eigenvalue weighted by molar-refractivity contribution is 6.02. The lowest BCUT2D eigenvalue weighted by molar-refractivity contribution is -0.134. The van der Waals surface area contributed by atoms with Crippen molar-refractivity contribution in [3.8, 4) is 34.0 Å². The van der Waals surface area contributed by atoms with Crippen LogP contribution >= 0.6 is 0 Å². The summed E-state index contributed by atoms with van der Waals surface area (Å²) in [5.74, 6) is 1.78. The lowest BCUT2D eigenvalue weighted by Crippen LogP contribution is -2.54. The first-order valence-corrected chi connectivity index (χ1v) is 17.9. The molecule has 1 aliphatic carbocycles. The number of benzene rings is 2. The Morgan fingerprint density at radius 2 is 1.60 bits per heavy atom. The number of piperidine rings is 2. The van der Waals surface area contributed by atoms with Gasteiger partial charge in [0, 0.05) is 35.2 Å². The molecule has 2 aromatic carbocycles. The maximum absolute atomic E-state index is 12.7.